The van der Waals surface area contributed by atoms with Crippen molar-refractivity contribution in [1.29, 1.82) is 0 Å². The number of aryl methyl sites for hydroxylation is 1. The molecule has 1 N–H and O–H groups in total. The molecule has 0 radical (unpaired) electrons. The van der Waals surface area contributed by atoms with Crippen LogP contribution in [0.25, 0.3) is 10.6 Å². The van der Waals surface area contributed by atoms with E-state index in [9.17, 15) is 13.2 Å². The van der Waals surface area contributed by atoms with Crippen molar-refractivity contribution in [2.45, 2.75) is 62.2 Å². The van der Waals surface area contributed by atoms with Gasteiger partial charge in [-0.3, -0.25) is 4.68 Å². The predicted molar refractivity (Wildman–Crippen MR) is 136 cm³/mol. The first kappa shape index (κ1) is 25.3. The number of anilines is 2. The van der Waals surface area contributed by atoms with Gasteiger partial charge in [0.15, 0.2) is 10.9 Å². The van der Waals surface area contributed by atoms with Crippen LogP contribution < -0.4 is 10.1 Å². The number of thiophene rings is 1. The summed E-state index contributed by atoms with van der Waals surface area (Å²) in [5.74, 6) is 0.668. The summed E-state index contributed by atoms with van der Waals surface area (Å²) in [6.07, 6.45) is 5.01. The molecule has 0 atom stereocenters. The monoisotopic (exact) mass is 538 g/mol. The number of piperidine rings is 1. The Bertz CT molecular complexity index is 1220. The Labute approximate surface area is 216 Å². The number of likely N-dealkylation sites (tertiary alicyclic amines) is 1. The highest BCUT2D eigenvalue weighted by Gasteiger charge is 2.37. The minimum absolute atomic E-state index is 0.0880. The van der Waals surface area contributed by atoms with E-state index in [-0.39, 0.29) is 17.7 Å². The first-order valence-corrected chi connectivity index (χ1v) is 14.1. The normalized spacial score (nSPS) is 17.5. The quantitative estimate of drug-likeness (QED) is 0.340. The van der Waals surface area contributed by atoms with Crippen molar-refractivity contribution in [2.24, 2.45) is 0 Å². The minimum atomic E-state index is -4.58. The molecular formula is C24H29F3N6OS2. The van der Waals surface area contributed by atoms with E-state index in [2.05, 4.69) is 27.2 Å². The van der Waals surface area contributed by atoms with Crippen LogP contribution >= 0.6 is 23.1 Å². The second-order valence-corrected chi connectivity index (χ2v) is 11.1. The molecule has 1 saturated carbocycles. The second-order valence-electron chi connectivity index (χ2n) is 9.23. The van der Waals surface area contributed by atoms with E-state index in [1.807, 2.05) is 24.1 Å². The molecular weight excluding hydrogens is 509 g/mol. The maximum absolute atomic E-state index is 13.9. The van der Waals surface area contributed by atoms with E-state index in [0.29, 0.717) is 21.8 Å². The molecule has 194 valence electrons. The SMILES string of the molecule is CCc1cn(C2CCN(C)CC2)nc1Nc1ncc(C(F)(F)F)c(-c2cc(SC)c(OC3CC3)s2)n1. The van der Waals surface area contributed by atoms with Crippen molar-refractivity contribution in [2.75, 3.05) is 31.7 Å². The van der Waals surface area contributed by atoms with E-state index >= 15 is 0 Å². The van der Waals surface area contributed by atoms with Crippen LogP contribution in [0.1, 0.15) is 49.8 Å². The summed E-state index contributed by atoms with van der Waals surface area (Å²) in [5, 5.41) is 8.47. The largest absolute Gasteiger partial charge is 0.480 e. The van der Waals surface area contributed by atoms with Gasteiger partial charge in [0.05, 0.1) is 21.5 Å². The first-order valence-electron chi connectivity index (χ1n) is 12.1. The summed E-state index contributed by atoms with van der Waals surface area (Å²) in [6.45, 7) is 4.04. The van der Waals surface area contributed by atoms with Gasteiger partial charge in [-0.1, -0.05) is 18.3 Å². The first-order chi connectivity index (χ1) is 17.2. The van der Waals surface area contributed by atoms with Crippen LogP contribution in [0.3, 0.4) is 0 Å². The van der Waals surface area contributed by atoms with Crippen molar-refractivity contribution in [3.8, 4) is 15.6 Å². The molecule has 5 rings (SSSR count). The number of hydrogen-bond donors (Lipinski definition) is 1. The molecule has 3 aromatic heterocycles. The topological polar surface area (TPSA) is 68.1 Å². The molecule has 36 heavy (non-hydrogen) atoms. The average molecular weight is 539 g/mol. The lowest BCUT2D eigenvalue weighted by atomic mass is 10.1. The molecule has 1 aliphatic carbocycles. The number of hydrogen-bond acceptors (Lipinski definition) is 8. The molecule has 2 fully saturated rings. The maximum Gasteiger partial charge on any atom is 0.420 e. The molecule has 4 heterocycles. The van der Waals surface area contributed by atoms with Gasteiger partial charge in [-0.25, -0.2) is 9.97 Å². The average Bonchev–Trinajstić information content (AvgIpc) is 3.43. The van der Waals surface area contributed by atoms with Gasteiger partial charge in [0.25, 0.3) is 0 Å². The second kappa shape index (κ2) is 10.2. The number of ether oxygens (including phenoxy) is 1. The molecule has 0 amide bonds. The summed E-state index contributed by atoms with van der Waals surface area (Å²) < 4.78 is 49.6. The van der Waals surface area contributed by atoms with Crippen molar-refractivity contribution in [3.63, 3.8) is 0 Å². The van der Waals surface area contributed by atoms with E-state index in [4.69, 9.17) is 9.84 Å². The summed E-state index contributed by atoms with van der Waals surface area (Å²) >= 11 is 2.65. The van der Waals surface area contributed by atoms with Gasteiger partial charge in [0, 0.05) is 18.0 Å². The third kappa shape index (κ3) is 5.50. The number of nitrogens with one attached hydrogen (secondary N) is 1. The Morgan fingerprint density at radius 1 is 1.22 bits per heavy atom. The van der Waals surface area contributed by atoms with Crippen LogP contribution in [0, 0.1) is 0 Å². The van der Waals surface area contributed by atoms with E-state index in [1.54, 1.807) is 6.07 Å². The van der Waals surface area contributed by atoms with E-state index in [0.717, 1.165) is 61.8 Å². The van der Waals surface area contributed by atoms with Crippen LogP contribution in [0.4, 0.5) is 24.9 Å². The Morgan fingerprint density at radius 2 is 1.97 bits per heavy atom. The molecule has 0 spiro atoms. The summed E-state index contributed by atoms with van der Waals surface area (Å²) in [5.41, 5.74) is -0.0499. The highest BCUT2D eigenvalue weighted by Crippen LogP contribution is 2.46. The van der Waals surface area contributed by atoms with E-state index in [1.165, 1.54) is 23.1 Å². The van der Waals surface area contributed by atoms with Crippen LogP contribution in [-0.2, 0) is 12.6 Å². The molecule has 0 unspecified atom stereocenters. The lowest BCUT2D eigenvalue weighted by Crippen LogP contribution is -2.31. The van der Waals surface area contributed by atoms with Crippen molar-refractivity contribution < 1.29 is 17.9 Å². The summed E-state index contributed by atoms with van der Waals surface area (Å²) in [7, 11) is 2.11. The smallest absolute Gasteiger partial charge is 0.420 e. The molecule has 2 aliphatic rings. The van der Waals surface area contributed by atoms with Gasteiger partial charge in [0.2, 0.25) is 5.95 Å². The molecule has 12 heteroatoms. The fourth-order valence-electron chi connectivity index (χ4n) is 4.22. The van der Waals surface area contributed by atoms with Gasteiger partial charge in [-0.2, -0.15) is 18.3 Å². The van der Waals surface area contributed by atoms with E-state index < -0.39 is 11.7 Å². The molecule has 0 aromatic carbocycles. The van der Waals surface area contributed by atoms with Crippen molar-refractivity contribution in [1.82, 2.24) is 24.6 Å². The number of rotatable bonds is 8. The van der Waals surface area contributed by atoms with Gasteiger partial charge in [-0.15, -0.1) is 11.8 Å². The lowest BCUT2D eigenvalue weighted by Gasteiger charge is -2.28. The predicted octanol–water partition coefficient (Wildman–Crippen LogP) is 6.26. The third-order valence-electron chi connectivity index (χ3n) is 6.49. The Hall–Kier alpha value is -2.31. The van der Waals surface area contributed by atoms with Gasteiger partial charge >= 0.3 is 6.18 Å². The zero-order valence-electron chi connectivity index (χ0n) is 20.4. The summed E-state index contributed by atoms with van der Waals surface area (Å²) in [6, 6.07) is 2.02. The minimum Gasteiger partial charge on any atom is -0.480 e. The van der Waals surface area contributed by atoms with Crippen LogP contribution in [0.5, 0.6) is 5.06 Å². The maximum atomic E-state index is 13.9. The number of nitrogens with zero attached hydrogens (tertiary/aromatic N) is 5. The Kier molecular flexibility index (Phi) is 7.19. The molecule has 0 bridgehead atoms. The van der Waals surface area contributed by atoms with Crippen molar-refractivity contribution >= 4 is 34.9 Å². The number of aromatic nitrogens is 4. The van der Waals surface area contributed by atoms with Crippen LogP contribution in [0.15, 0.2) is 23.4 Å². The molecule has 3 aromatic rings. The van der Waals surface area contributed by atoms with Gasteiger partial charge in [-0.05, 0) is 64.6 Å². The highest BCUT2D eigenvalue weighted by atomic mass is 32.2. The molecule has 1 saturated heterocycles. The number of halogens is 3. The molecule has 1 aliphatic heterocycles. The van der Waals surface area contributed by atoms with Crippen molar-refractivity contribution in [3.05, 3.63) is 29.6 Å². The molecule has 7 nitrogen and oxygen atoms in total. The van der Waals surface area contributed by atoms with Crippen LogP contribution in [0.2, 0.25) is 0 Å². The Balaban J connectivity index is 1.46. The Morgan fingerprint density at radius 3 is 2.61 bits per heavy atom. The zero-order chi connectivity index (χ0) is 25.4. The van der Waals surface area contributed by atoms with Crippen LogP contribution in [-0.4, -0.2) is 57.1 Å². The fourth-order valence-corrected chi connectivity index (χ4v) is 6.09. The zero-order valence-corrected chi connectivity index (χ0v) is 22.1. The fraction of sp³-hybridized carbons (Fsp3) is 0.542. The number of thioether (sulfide) groups is 1. The third-order valence-corrected chi connectivity index (χ3v) is 8.40. The highest BCUT2D eigenvalue weighted by molar-refractivity contribution is 7.98. The van der Waals surface area contributed by atoms with Gasteiger partial charge < -0.3 is 15.0 Å². The lowest BCUT2D eigenvalue weighted by molar-refractivity contribution is -0.137. The number of alkyl halides is 3. The van der Waals surface area contributed by atoms with Gasteiger partial charge in [0.1, 0.15) is 11.7 Å². The summed E-state index contributed by atoms with van der Waals surface area (Å²) in [4.78, 5) is 11.9. The standard InChI is InChI=1S/C24H29F3N6OS2/c1-4-14-13-33(15-7-9-32(2)10-8-15)31-21(14)30-23-28-12-17(24(25,26)27)20(29-23)18-11-19(35-3)22(36-18)34-16-5-6-16/h11-13,15-16H,4-10H2,1-3H3,(H,28,29,30,31).